The number of amides is 2. The number of anilines is 1. The van der Waals surface area contributed by atoms with Gasteiger partial charge in [0.1, 0.15) is 24.5 Å². The van der Waals surface area contributed by atoms with Gasteiger partial charge in [-0.1, -0.05) is 84.5 Å². The van der Waals surface area contributed by atoms with Gasteiger partial charge in [0.2, 0.25) is 5.91 Å². The van der Waals surface area contributed by atoms with Crippen molar-refractivity contribution < 1.29 is 29.3 Å². The van der Waals surface area contributed by atoms with Crippen molar-refractivity contribution in [1.82, 2.24) is 4.90 Å². The van der Waals surface area contributed by atoms with Crippen LogP contribution < -0.4 is 5.32 Å². The van der Waals surface area contributed by atoms with E-state index in [4.69, 9.17) is 14.8 Å². The quantitative estimate of drug-likeness (QED) is 0.102. The van der Waals surface area contributed by atoms with Crippen LogP contribution in [-0.2, 0) is 19.1 Å². The summed E-state index contributed by atoms with van der Waals surface area (Å²) in [6.07, 6.45) is 15.5. The number of aliphatic hydroxyl groups is 1. The molecule has 0 aromatic heterocycles. The lowest BCUT2D eigenvalue weighted by molar-refractivity contribution is -0.143. The van der Waals surface area contributed by atoms with E-state index in [9.17, 15) is 19.5 Å². The summed E-state index contributed by atoms with van der Waals surface area (Å²) < 4.78 is 4.81. The van der Waals surface area contributed by atoms with Crippen molar-refractivity contribution >= 4 is 34.9 Å². The van der Waals surface area contributed by atoms with Crippen molar-refractivity contribution in [3.05, 3.63) is 35.6 Å². The van der Waals surface area contributed by atoms with Crippen molar-refractivity contribution in [3.63, 3.8) is 0 Å². The maximum atomic E-state index is 13.3. The third-order valence-corrected chi connectivity index (χ3v) is 7.09. The van der Waals surface area contributed by atoms with Gasteiger partial charge in [-0.05, 0) is 43.5 Å². The Morgan fingerprint density at radius 3 is 2.07 bits per heavy atom. The first-order chi connectivity index (χ1) is 19.8. The Morgan fingerprint density at radius 1 is 0.878 bits per heavy atom. The fraction of sp³-hybridized carbons (Fsp3) is 0.625. The highest BCUT2D eigenvalue weighted by atomic mass is 16.5. The first kappa shape index (κ1) is 34.0. The molecule has 1 aromatic carbocycles. The number of hydrogen-bond donors (Lipinski definition) is 3. The van der Waals surface area contributed by atoms with E-state index in [1.54, 1.807) is 29.2 Å². The van der Waals surface area contributed by atoms with Gasteiger partial charge in [-0.2, -0.15) is 0 Å². The summed E-state index contributed by atoms with van der Waals surface area (Å²) in [5, 5.41) is 22.1. The second-order valence-corrected chi connectivity index (χ2v) is 10.7. The van der Waals surface area contributed by atoms with Crippen LogP contribution in [0.5, 0.6) is 0 Å². The van der Waals surface area contributed by atoms with E-state index in [0.717, 1.165) is 44.9 Å². The van der Waals surface area contributed by atoms with E-state index < -0.39 is 18.5 Å². The molecule has 1 aliphatic rings. The number of nitrogens with zero attached hydrogens (tertiary/aromatic N) is 2. The molecule has 0 spiro atoms. The van der Waals surface area contributed by atoms with E-state index in [1.165, 1.54) is 38.5 Å². The average Bonchev–Trinajstić information content (AvgIpc) is 3.22. The Morgan fingerprint density at radius 2 is 1.46 bits per heavy atom. The molecule has 228 valence electrons. The van der Waals surface area contributed by atoms with Crippen molar-refractivity contribution in [1.29, 1.82) is 0 Å². The molecular weight excluding hydrogens is 522 g/mol. The summed E-state index contributed by atoms with van der Waals surface area (Å²) in [4.78, 5) is 42.3. The van der Waals surface area contributed by atoms with Crippen LogP contribution in [0.2, 0.25) is 0 Å². The molecule has 0 atom stereocenters. The Labute approximate surface area is 245 Å². The summed E-state index contributed by atoms with van der Waals surface area (Å²) in [5.41, 5.74) is 2.06. The van der Waals surface area contributed by atoms with Crippen LogP contribution in [0.15, 0.2) is 40.6 Å². The molecule has 2 amide bonds. The van der Waals surface area contributed by atoms with Crippen LogP contribution in [0.25, 0.3) is 0 Å². The predicted molar refractivity (Wildman–Crippen MR) is 163 cm³/mol. The van der Waals surface area contributed by atoms with E-state index in [-0.39, 0.29) is 24.8 Å². The molecular formula is C32H49N3O6. The maximum Gasteiger partial charge on any atom is 0.329 e. The molecule has 9 heteroatoms. The Bertz CT molecular complexity index is 1020. The summed E-state index contributed by atoms with van der Waals surface area (Å²) in [7, 11) is 0. The number of carbonyl (C=O) groups is 3. The first-order valence-corrected chi connectivity index (χ1v) is 15.3. The molecule has 1 aliphatic heterocycles. The van der Waals surface area contributed by atoms with Crippen LogP contribution >= 0.6 is 0 Å². The minimum atomic E-state index is -1.14. The van der Waals surface area contributed by atoms with E-state index >= 15 is 0 Å². The molecule has 0 saturated heterocycles. The van der Waals surface area contributed by atoms with Crippen LogP contribution in [0.3, 0.4) is 0 Å². The highest BCUT2D eigenvalue weighted by Crippen LogP contribution is 2.26. The highest BCUT2D eigenvalue weighted by Gasteiger charge is 2.33. The van der Waals surface area contributed by atoms with Crippen LogP contribution in [-0.4, -0.2) is 64.9 Å². The number of aliphatic carboxylic acids is 1. The maximum absolute atomic E-state index is 13.3. The number of nitrogens with one attached hydrogen (secondary N) is 1. The molecule has 0 saturated carbocycles. The van der Waals surface area contributed by atoms with Crippen LogP contribution in [0.4, 0.5) is 11.4 Å². The van der Waals surface area contributed by atoms with Gasteiger partial charge in [-0.3, -0.25) is 14.6 Å². The van der Waals surface area contributed by atoms with Gasteiger partial charge >= 0.3 is 5.97 Å². The number of rotatable bonds is 22. The number of ether oxygens (including phenoxy) is 1. The van der Waals surface area contributed by atoms with Gasteiger partial charge in [0.25, 0.3) is 5.91 Å². The van der Waals surface area contributed by atoms with Crippen molar-refractivity contribution in [2.75, 3.05) is 31.6 Å². The SMILES string of the molecule is CCCCCCCCCCCC(=Nc1ccc(NC(=O)COCC(=O)O)cc1)C1=C(O)CN(CCCCCC)C1=O. The van der Waals surface area contributed by atoms with E-state index in [1.807, 2.05) is 0 Å². The van der Waals surface area contributed by atoms with Crippen molar-refractivity contribution in [2.45, 2.75) is 104 Å². The molecule has 41 heavy (non-hydrogen) atoms. The fourth-order valence-corrected chi connectivity index (χ4v) is 4.86. The van der Waals surface area contributed by atoms with Gasteiger partial charge in [0.15, 0.2) is 0 Å². The minimum absolute atomic E-state index is 0.0883. The zero-order valence-electron chi connectivity index (χ0n) is 25.0. The number of carboxylic acids is 1. The lowest BCUT2D eigenvalue weighted by Gasteiger charge is -2.16. The minimum Gasteiger partial charge on any atom is -0.510 e. The molecule has 3 N–H and O–H groups in total. The summed E-state index contributed by atoms with van der Waals surface area (Å²) >= 11 is 0. The number of hydrogen-bond acceptors (Lipinski definition) is 6. The number of aliphatic hydroxyl groups excluding tert-OH is 1. The normalized spacial score (nSPS) is 13.8. The van der Waals surface area contributed by atoms with Crippen LogP contribution in [0.1, 0.15) is 104 Å². The van der Waals surface area contributed by atoms with Crippen molar-refractivity contribution in [3.8, 4) is 0 Å². The molecule has 2 rings (SSSR count). The van der Waals surface area contributed by atoms with Gasteiger partial charge in [0.05, 0.1) is 17.9 Å². The molecule has 0 aliphatic carbocycles. The average molecular weight is 572 g/mol. The first-order valence-electron chi connectivity index (χ1n) is 15.3. The monoisotopic (exact) mass is 571 g/mol. The number of benzene rings is 1. The molecule has 9 nitrogen and oxygen atoms in total. The smallest absolute Gasteiger partial charge is 0.329 e. The van der Waals surface area contributed by atoms with E-state index in [2.05, 4.69) is 19.2 Å². The number of carboxylic acid groups (broad SMARTS) is 1. The molecule has 1 heterocycles. The molecule has 0 radical (unpaired) electrons. The van der Waals surface area contributed by atoms with Gasteiger partial charge in [-0.25, -0.2) is 4.79 Å². The number of carbonyl (C=O) groups excluding carboxylic acids is 2. The Balaban J connectivity index is 2.04. The summed E-state index contributed by atoms with van der Waals surface area (Å²) in [6.45, 7) is 4.33. The van der Waals surface area contributed by atoms with Gasteiger partial charge in [-0.15, -0.1) is 0 Å². The Kier molecular flexibility index (Phi) is 16.4. The molecule has 1 aromatic rings. The number of unbranched alkanes of at least 4 members (excludes halogenated alkanes) is 11. The second kappa shape index (κ2) is 19.8. The fourth-order valence-electron chi connectivity index (χ4n) is 4.86. The zero-order chi connectivity index (χ0) is 29.9. The lowest BCUT2D eigenvalue weighted by atomic mass is 10.0. The summed E-state index contributed by atoms with van der Waals surface area (Å²) in [6, 6.07) is 6.86. The highest BCUT2D eigenvalue weighted by molar-refractivity contribution is 6.23. The summed E-state index contributed by atoms with van der Waals surface area (Å²) in [5.74, 6) is -1.66. The Hall–Kier alpha value is -3.20. The molecule has 0 bridgehead atoms. The zero-order valence-corrected chi connectivity index (χ0v) is 25.0. The van der Waals surface area contributed by atoms with Gasteiger partial charge in [0, 0.05) is 12.2 Å². The largest absolute Gasteiger partial charge is 0.510 e. The van der Waals surface area contributed by atoms with Crippen LogP contribution in [0, 0.1) is 0 Å². The standard InChI is InChI=1S/C32H49N3O6/c1-3-5-7-9-10-11-12-13-14-16-27(31-28(36)22-35(32(31)40)21-15-8-6-4-2)33-25-17-19-26(20-18-25)34-29(37)23-41-24-30(38)39/h17-20,36H,3-16,21-24H2,1-2H3,(H,34,37)(H,38,39). The number of aliphatic imine (C=N–C) groups is 1. The second-order valence-electron chi connectivity index (χ2n) is 10.7. The topological polar surface area (TPSA) is 129 Å². The predicted octanol–water partition coefficient (Wildman–Crippen LogP) is 6.95. The lowest BCUT2D eigenvalue weighted by Crippen LogP contribution is -2.29. The third kappa shape index (κ3) is 13.3. The van der Waals surface area contributed by atoms with Crippen molar-refractivity contribution in [2.24, 2.45) is 4.99 Å². The molecule has 0 fully saturated rings. The van der Waals surface area contributed by atoms with E-state index in [0.29, 0.717) is 35.6 Å². The van der Waals surface area contributed by atoms with Gasteiger partial charge < -0.3 is 25.2 Å². The molecule has 0 unspecified atom stereocenters. The third-order valence-electron chi connectivity index (χ3n) is 7.09.